The van der Waals surface area contributed by atoms with Gasteiger partial charge < -0.3 is 4.90 Å². The molecule has 0 aliphatic carbocycles. The van der Waals surface area contributed by atoms with Crippen molar-refractivity contribution >= 4 is 5.91 Å². The van der Waals surface area contributed by atoms with Crippen molar-refractivity contribution in [1.82, 2.24) is 4.90 Å². The van der Waals surface area contributed by atoms with Crippen LogP contribution in [0.4, 0.5) is 0 Å². The number of carbonyl (C=O) groups is 1. The molecular weight excluding hydrogens is 284 g/mol. The smallest absolute Gasteiger partial charge is 0.223 e. The van der Waals surface area contributed by atoms with E-state index in [1.54, 1.807) is 0 Å². The number of carbonyl (C=O) groups excluding carboxylic acids is 1. The molecule has 3 nitrogen and oxygen atoms in total. The van der Waals surface area contributed by atoms with Gasteiger partial charge >= 0.3 is 0 Å². The summed E-state index contributed by atoms with van der Waals surface area (Å²) in [5.41, 5.74) is 2.99. The summed E-state index contributed by atoms with van der Waals surface area (Å²) < 4.78 is 0. The van der Waals surface area contributed by atoms with Crippen molar-refractivity contribution < 1.29 is 4.79 Å². The minimum absolute atomic E-state index is 0.223. The average Bonchev–Trinajstić information content (AvgIpc) is 3.11. The van der Waals surface area contributed by atoms with E-state index in [-0.39, 0.29) is 11.9 Å². The molecule has 3 rings (SSSR count). The molecule has 0 radical (unpaired) electrons. The molecule has 0 N–H and O–H groups in total. The minimum atomic E-state index is 0.223. The van der Waals surface area contributed by atoms with Gasteiger partial charge in [0, 0.05) is 13.0 Å². The second kappa shape index (κ2) is 7.11. The molecule has 3 heteroatoms. The molecule has 23 heavy (non-hydrogen) atoms. The average molecular weight is 304 g/mol. The van der Waals surface area contributed by atoms with Gasteiger partial charge in [-0.1, -0.05) is 42.5 Å². The van der Waals surface area contributed by atoms with Gasteiger partial charge in [0.15, 0.2) is 0 Å². The van der Waals surface area contributed by atoms with E-state index in [0.717, 1.165) is 31.4 Å². The van der Waals surface area contributed by atoms with Crippen molar-refractivity contribution in [3.63, 3.8) is 0 Å². The first-order valence-electron chi connectivity index (χ1n) is 8.11. The normalized spacial score (nSPS) is 17.0. The van der Waals surface area contributed by atoms with Gasteiger partial charge in [-0.3, -0.25) is 4.79 Å². The molecule has 0 bridgehead atoms. The molecule has 1 fully saturated rings. The zero-order chi connectivity index (χ0) is 16.1. The van der Waals surface area contributed by atoms with Crippen LogP contribution >= 0.6 is 0 Å². The van der Waals surface area contributed by atoms with Crippen molar-refractivity contribution in [1.29, 1.82) is 5.26 Å². The van der Waals surface area contributed by atoms with Gasteiger partial charge in [-0.05, 0) is 42.5 Å². The van der Waals surface area contributed by atoms with Crippen LogP contribution in [-0.4, -0.2) is 17.4 Å². The van der Waals surface area contributed by atoms with Gasteiger partial charge in [-0.2, -0.15) is 5.26 Å². The molecular formula is C20H20N2O. The largest absolute Gasteiger partial charge is 0.336 e. The second-order valence-electron chi connectivity index (χ2n) is 5.96. The standard InChI is InChI=1S/C20H20N2O/c21-15-17-10-8-16(9-11-17)12-13-20(23)22-14-4-7-19(22)18-5-2-1-3-6-18/h1-3,5-6,8-11,19H,4,7,12-14H2. The molecule has 1 saturated heterocycles. The first-order chi connectivity index (χ1) is 11.3. The number of hydrogen-bond acceptors (Lipinski definition) is 2. The topological polar surface area (TPSA) is 44.1 Å². The Morgan fingerprint density at radius 2 is 1.87 bits per heavy atom. The van der Waals surface area contributed by atoms with Gasteiger partial charge in [0.25, 0.3) is 0 Å². The highest BCUT2D eigenvalue weighted by Gasteiger charge is 2.29. The van der Waals surface area contributed by atoms with Gasteiger partial charge in [0.2, 0.25) is 5.91 Å². The Balaban J connectivity index is 1.62. The maximum atomic E-state index is 12.6. The van der Waals surface area contributed by atoms with Gasteiger partial charge in [0.05, 0.1) is 17.7 Å². The predicted octanol–water partition coefficient (Wildman–Crippen LogP) is 3.85. The molecule has 1 heterocycles. The lowest BCUT2D eigenvalue weighted by Gasteiger charge is -2.25. The number of nitrogens with zero attached hydrogens (tertiary/aromatic N) is 2. The van der Waals surface area contributed by atoms with Gasteiger partial charge in [-0.15, -0.1) is 0 Å². The molecule has 1 amide bonds. The maximum Gasteiger partial charge on any atom is 0.223 e. The summed E-state index contributed by atoms with van der Waals surface area (Å²) in [6.07, 6.45) is 3.37. The Morgan fingerprint density at radius 1 is 1.13 bits per heavy atom. The summed E-state index contributed by atoms with van der Waals surface area (Å²) in [5.74, 6) is 0.223. The number of hydrogen-bond donors (Lipinski definition) is 0. The lowest BCUT2D eigenvalue weighted by atomic mass is 10.0. The van der Waals surface area contributed by atoms with E-state index in [2.05, 4.69) is 18.2 Å². The Hall–Kier alpha value is -2.60. The van der Waals surface area contributed by atoms with E-state index in [9.17, 15) is 4.79 Å². The minimum Gasteiger partial charge on any atom is -0.336 e. The molecule has 1 atom stereocenters. The van der Waals surface area contributed by atoms with E-state index in [1.807, 2.05) is 47.4 Å². The molecule has 2 aromatic rings. The quantitative estimate of drug-likeness (QED) is 0.861. The van der Waals surface area contributed by atoms with Crippen LogP contribution in [0.1, 0.15) is 42.0 Å². The van der Waals surface area contributed by atoms with Crippen LogP contribution in [-0.2, 0) is 11.2 Å². The van der Waals surface area contributed by atoms with Crippen LogP contribution < -0.4 is 0 Å². The monoisotopic (exact) mass is 304 g/mol. The maximum absolute atomic E-state index is 12.6. The van der Waals surface area contributed by atoms with Crippen LogP contribution in [0.25, 0.3) is 0 Å². The zero-order valence-electron chi connectivity index (χ0n) is 13.1. The Labute approximate surface area is 137 Å². The van der Waals surface area contributed by atoms with Crippen LogP contribution in [0.3, 0.4) is 0 Å². The fourth-order valence-electron chi connectivity index (χ4n) is 3.23. The van der Waals surface area contributed by atoms with Crippen molar-refractivity contribution in [2.45, 2.75) is 31.7 Å². The highest BCUT2D eigenvalue weighted by molar-refractivity contribution is 5.77. The van der Waals surface area contributed by atoms with E-state index in [0.29, 0.717) is 12.0 Å². The molecule has 1 unspecified atom stereocenters. The third-order valence-corrected chi connectivity index (χ3v) is 4.47. The van der Waals surface area contributed by atoms with Crippen molar-refractivity contribution in [2.75, 3.05) is 6.54 Å². The van der Waals surface area contributed by atoms with Gasteiger partial charge in [-0.25, -0.2) is 0 Å². The summed E-state index contributed by atoms with van der Waals surface area (Å²) >= 11 is 0. The number of amides is 1. The molecule has 2 aromatic carbocycles. The number of aryl methyl sites for hydroxylation is 1. The third-order valence-electron chi connectivity index (χ3n) is 4.47. The summed E-state index contributed by atoms with van der Waals surface area (Å²) in [6.45, 7) is 0.853. The Bertz CT molecular complexity index is 701. The summed E-state index contributed by atoms with van der Waals surface area (Å²) in [6, 6.07) is 20.1. The van der Waals surface area contributed by atoms with Crippen LogP contribution in [0.2, 0.25) is 0 Å². The summed E-state index contributed by atoms with van der Waals surface area (Å²) in [4.78, 5) is 14.6. The fourth-order valence-corrected chi connectivity index (χ4v) is 3.23. The van der Waals surface area contributed by atoms with Crippen molar-refractivity contribution in [3.05, 3.63) is 71.3 Å². The van der Waals surface area contributed by atoms with E-state index < -0.39 is 0 Å². The predicted molar refractivity (Wildman–Crippen MR) is 89.6 cm³/mol. The van der Waals surface area contributed by atoms with E-state index in [1.165, 1.54) is 5.56 Å². The first-order valence-corrected chi connectivity index (χ1v) is 8.11. The number of nitriles is 1. The summed E-state index contributed by atoms with van der Waals surface area (Å²) in [7, 11) is 0. The molecule has 116 valence electrons. The molecule has 0 aromatic heterocycles. The Morgan fingerprint density at radius 3 is 2.57 bits per heavy atom. The van der Waals surface area contributed by atoms with E-state index in [4.69, 9.17) is 5.26 Å². The van der Waals surface area contributed by atoms with Gasteiger partial charge in [0.1, 0.15) is 0 Å². The fraction of sp³-hybridized carbons (Fsp3) is 0.300. The Kier molecular flexibility index (Phi) is 4.73. The molecule has 0 spiro atoms. The van der Waals surface area contributed by atoms with E-state index >= 15 is 0 Å². The summed E-state index contributed by atoms with van der Waals surface area (Å²) in [5, 5.41) is 8.82. The highest BCUT2D eigenvalue weighted by Crippen LogP contribution is 2.32. The number of likely N-dealkylation sites (tertiary alicyclic amines) is 1. The highest BCUT2D eigenvalue weighted by atomic mass is 16.2. The van der Waals surface area contributed by atoms with Crippen LogP contribution in [0.15, 0.2) is 54.6 Å². The first kappa shape index (κ1) is 15.3. The molecule has 1 aliphatic rings. The molecule has 1 aliphatic heterocycles. The molecule has 0 saturated carbocycles. The lowest BCUT2D eigenvalue weighted by Crippen LogP contribution is -2.30. The second-order valence-corrected chi connectivity index (χ2v) is 5.96. The lowest BCUT2D eigenvalue weighted by molar-refractivity contribution is -0.132. The third kappa shape index (κ3) is 3.60. The van der Waals surface area contributed by atoms with Crippen LogP contribution in [0, 0.1) is 11.3 Å². The van der Waals surface area contributed by atoms with Crippen molar-refractivity contribution in [3.8, 4) is 6.07 Å². The van der Waals surface area contributed by atoms with Crippen molar-refractivity contribution in [2.24, 2.45) is 0 Å². The number of benzene rings is 2. The number of rotatable bonds is 4. The zero-order valence-corrected chi connectivity index (χ0v) is 13.1. The SMILES string of the molecule is N#Cc1ccc(CCC(=O)N2CCCC2c2ccccc2)cc1. The van der Waals surface area contributed by atoms with Crippen LogP contribution in [0.5, 0.6) is 0 Å².